The summed E-state index contributed by atoms with van der Waals surface area (Å²) in [4.78, 5) is 28.7. The summed E-state index contributed by atoms with van der Waals surface area (Å²) in [6.45, 7) is 0.442. The molecule has 0 spiro atoms. The van der Waals surface area contributed by atoms with Gasteiger partial charge in [-0.3, -0.25) is 14.6 Å². The lowest BCUT2D eigenvalue weighted by atomic mass is 9.89. The van der Waals surface area contributed by atoms with Gasteiger partial charge in [-0.1, -0.05) is 0 Å². The third-order valence-corrected chi connectivity index (χ3v) is 3.61. The molecule has 2 heterocycles. The Balaban J connectivity index is 2.12. The van der Waals surface area contributed by atoms with E-state index in [4.69, 9.17) is 0 Å². The summed E-state index contributed by atoms with van der Waals surface area (Å²) in [6, 6.07) is 1.31. The van der Waals surface area contributed by atoms with E-state index in [0.717, 1.165) is 6.20 Å². The lowest BCUT2D eigenvalue weighted by Crippen LogP contribution is -2.52. The van der Waals surface area contributed by atoms with E-state index < -0.39 is 17.3 Å². The lowest BCUT2D eigenvalue weighted by molar-refractivity contribution is -0.127. The molecule has 7 heteroatoms. The topological polar surface area (TPSA) is 82.5 Å². The molecule has 114 valence electrons. The van der Waals surface area contributed by atoms with E-state index in [0.29, 0.717) is 19.4 Å². The van der Waals surface area contributed by atoms with Crippen molar-refractivity contribution in [1.29, 1.82) is 0 Å². The SMILES string of the molecule is CNC(=O)CC1(O)CCCN(C(=O)c2ccncc2F)C1. The number of β-amino-alcohol motifs (C(OH)–C–C–N with tert-alkyl or cyclic N) is 1. The van der Waals surface area contributed by atoms with E-state index in [1.165, 1.54) is 24.2 Å². The number of halogens is 1. The summed E-state index contributed by atoms with van der Waals surface area (Å²) in [5.41, 5.74) is -1.34. The highest BCUT2D eigenvalue weighted by Gasteiger charge is 2.37. The van der Waals surface area contributed by atoms with Crippen LogP contribution in [0.2, 0.25) is 0 Å². The second kappa shape index (κ2) is 6.17. The average molecular weight is 295 g/mol. The highest BCUT2D eigenvalue weighted by atomic mass is 19.1. The van der Waals surface area contributed by atoms with Crippen LogP contribution in [0.4, 0.5) is 4.39 Å². The highest BCUT2D eigenvalue weighted by Crippen LogP contribution is 2.26. The van der Waals surface area contributed by atoms with E-state index in [2.05, 4.69) is 10.3 Å². The molecule has 1 aliphatic rings. The fraction of sp³-hybridized carbons (Fsp3) is 0.500. The molecule has 2 amide bonds. The summed E-state index contributed by atoms with van der Waals surface area (Å²) in [5.74, 6) is -1.48. The van der Waals surface area contributed by atoms with Crippen LogP contribution < -0.4 is 5.32 Å². The van der Waals surface area contributed by atoms with Gasteiger partial charge in [0.25, 0.3) is 5.91 Å². The van der Waals surface area contributed by atoms with Gasteiger partial charge in [-0.25, -0.2) is 4.39 Å². The summed E-state index contributed by atoms with van der Waals surface area (Å²) in [6.07, 6.45) is 3.24. The molecule has 1 unspecified atom stereocenters. The van der Waals surface area contributed by atoms with Gasteiger partial charge in [-0.05, 0) is 18.9 Å². The Kier molecular flexibility index (Phi) is 4.52. The summed E-state index contributed by atoms with van der Waals surface area (Å²) in [7, 11) is 1.49. The third kappa shape index (κ3) is 3.55. The van der Waals surface area contributed by atoms with Gasteiger partial charge in [0.1, 0.15) is 0 Å². The zero-order valence-corrected chi connectivity index (χ0v) is 11.8. The number of nitrogens with one attached hydrogen (secondary N) is 1. The van der Waals surface area contributed by atoms with Gasteiger partial charge in [0.05, 0.1) is 30.3 Å². The van der Waals surface area contributed by atoms with Crippen molar-refractivity contribution in [2.75, 3.05) is 20.1 Å². The smallest absolute Gasteiger partial charge is 0.257 e. The quantitative estimate of drug-likeness (QED) is 0.841. The number of aromatic nitrogens is 1. The third-order valence-electron chi connectivity index (χ3n) is 3.61. The van der Waals surface area contributed by atoms with Crippen LogP contribution in [-0.2, 0) is 4.79 Å². The van der Waals surface area contributed by atoms with Gasteiger partial charge in [-0.15, -0.1) is 0 Å². The largest absolute Gasteiger partial charge is 0.388 e. The molecule has 1 aliphatic heterocycles. The number of aliphatic hydroxyl groups is 1. The van der Waals surface area contributed by atoms with Crippen LogP contribution >= 0.6 is 0 Å². The molecule has 1 atom stereocenters. The summed E-state index contributed by atoms with van der Waals surface area (Å²) in [5, 5.41) is 12.9. The minimum atomic E-state index is -1.27. The normalized spacial score (nSPS) is 22.0. The van der Waals surface area contributed by atoms with Crippen LogP contribution in [0.15, 0.2) is 18.5 Å². The van der Waals surface area contributed by atoms with Crippen LogP contribution in [0.1, 0.15) is 29.6 Å². The van der Waals surface area contributed by atoms with Crippen molar-refractivity contribution in [3.8, 4) is 0 Å². The molecule has 2 N–H and O–H groups in total. The van der Waals surface area contributed by atoms with Crippen LogP contribution in [0.25, 0.3) is 0 Å². The molecule has 1 aromatic heterocycles. The fourth-order valence-electron chi connectivity index (χ4n) is 2.54. The monoisotopic (exact) mass is 295 g/mol. The minimum absolute atomic E-state index is 0.0149. The van der Waals surface area contributed by atoms with Crippen LogP contribution in [0, 0.1) is 5.82 Å². The van der Waals surface area contributed by atoms with Crippen molar-refractivity contribution < 1.29 is 19.1 Å². The average Bonchev–Trinajstić information content (AvgIpc) is 2.46. The molecule has 1 fully saturated rings. The standard InChI is InChI=1S/C14H18FN3O3/c1-16-12(19)7-14(21)4-2-6-18(9-14)13(20)10-3-5-17-8-11(10)15/h3,5,8,21H,2,4,6-7,9H2,1H3,(H,16,19). The molecular formula is C14H18FN3O3. The number of amides is 2. The van der Waals surface area contributed by atoms with Gasteiger partial charge in [0.2, 0.25) is 5.91 Å². The van der Waals surface area contributed by atoms with Gasteiger partial charge >= 0.3 is 0 Å². The lowest BCUT2D eigenvalue weighted by Gasteiger charge is -2.38. The first kappa shape index (κ1) is 15.4. The molecule has 0 aromatic carbocycles. The predicted molar refractivity (Wildman–Crippen MR) is 73.0 cm³/mol. The number of piperidine rings is 1. The molecule has 1 aromatic rings. The molecular weight excluding hydrogens is 277 g/mol. The van der Waals surface area contributed by atoms with E-state index in [1.807, 2.05) is 0 Å². The maximum Gasteiger partial charge on any atom is 0.257 e. The Morgan fingerprint density at radius 2 is 2.33 bits per heavy atom. The number of hydrogen-bond acceptors (Lipinski definition) is 4. The second-order valence-electron chi connectivity index (χ2n) is 5.26. The number of rotatable bonds is 3. The minimum Gasteiger partial charge on any atom is -0.388 e. The summed E-state index contributed by atoms with van der Waals surface area (Å²) >= 11 is 0. The first-order valence-electron chi connectivity index (χ1n) is 6.77. The van der Waals surface area contributed by atoms with Crippen LogP contribution in [-0.4, -0.2) is 52.5 Å². The first-order chi connectivity index (χ1) is 9.95. The van der Waals surface area contributed by atoms with Gasteiger partial charge in [0.15, 0.2) is 5.82 Å². The molecule has 6 nitrogen and oxygen atoms in total. The van der Waals surface area contributed by atoms with Crippen LogP contribution in [0.3, 0.4) is 0 Å². The van der Waals surface area contributed by atoms with Crippen molar-refractivity contribution in [2.24, 2.45) is 0 Å². The van der Waals surface area contributed by atoms with Gasteiger partial charge < -0.3 is 15.3 Å². The van der Waals surface area contributed by atoms with Crippen molar-refractivity contribution >= 4 is 11.8 Å². The van der Waals surface area contributed by atoms with Crippen molar-refractivity contribution in [3.05, 3.63) is 29.8 Å². The predicted octanol–water partition coefficient (Wildman–Crippen LogP) is 0.324. The number of carbonyl (C=O) groups excluding carboxylic acids is 2. The van der Waals surface area contributed by atoms with Gasteiger partial charge in [0, 0.05) is 19.8 Å². The molecule has 0 radical (unpaired) electrons. The zero-order valence-electron chi connectivity index (χ0n) is 11.8. The van der Waals surface area contributed by atoms with Crippen molar-refractivity contribution in [2.45, 2.75) is 24.9 Å². The van der Waals surface area contributed by atoms with E-state index in [9.17, 15) is 19.1 Å². The molecule has 0 aliphatic carbocycles. The Morgan fingerprint density at radius 1 is 1.57 bits per heavy atom. The molecule has 0 bridgehead atoms. The van der Waals surface area contributed by atoms with Crippen molar-refractivity contribution in [3.63, 3.8) is 0 Å². The Morgan fingerprint density at radius 3 is 3.00 bits per heavy atom. The zero-order chi connectivity index (χ0) is 15.5. The van der Waals surface area contributed by atoms with E-state index in [1.54, 1.807) is 0 Å². The Hall–Kier alpha value is -2.02. The first-order valence-corrected chi connectivity index (χ1v) is 6.77. The fourth-order valence-corrected chi connectivity index (χ4v) is 2.54. The van der Waals surface area contributed by atoms with Crippen LogP contribution in [0.5, 0.6) is 0 Å². The van der Waals surface area contributed by atoms with E-state index in [-0.39, 0.29) is 24.4 Å². The highest BCUT2D eigenvalue weighted by molar-refractivity contribution is 5.94. The van der Waals surface area contributed by atoms with Gasteiger partial charge in [-0.2, -0.15) is 0 Å². The Labute approximate surface area is 122 Å². The number of pyridine rings is 1. The molecule has 1 saturated heterocycles. The molecule has 2 rings (SSSR count). The molecule has 21 heavy (non-hydrogen) atoms. The number of hydrogen-bond donors (Lipinski definition) is 2. The number of nitrogens with zero attached hydrogens (tertiary/aromatic N) is 2. The number of carbonyl (C=O) groups is 2. The number of likely N-dealkylation sites (tertiary alicyclic amines) is 1. The summed E-state index contributed by atoms with van der Waals surface area (Å²) < 4.78 is 13.6. The van der Waals surface area contributed by atoms with Crippen molar-refractivity contribution in [1.82, 2.24) is 15.2 Å². The Bertz CT molecular complexity index is 552. The maximum atomic E-state index is 13.6. The van der Waals surface area contributed by atoms with E-state index >= 15 is 0 Å². The molecule has 0 saturated carbocycles. The maximum absolute atomic E-state index is 13.6. The second-order valence-corrected chi connectivity index (χ2v) is 5.26.